The predicted octanol–water partition coefficient (Wildman–Crippen LogP) is 3.35. The number of carbonyl (C=O) groups is 2. The Labute approximate surface area is 150 Å². The van der Waals surface area contributed by atoms with E-state index in [9.17, 15) is 9.59 Å². The van der Waals surface area contributed by atoms with Crippen LogP contribution in [-0.2, 0) is 9.53 Å². The van der Waals surface area contributed by atoms with Crippen molar-refractivity contribution < 1.29 is 14.3 Å². The van der Waals surface area contributed by atoms with Crippen LogP contribution < -0.4 is 5.32 Å². The summed E-state index contributed by atoms with van der Waals surface area (Å²) in [5.74, 6) is 0.956. The molecule has 1 saturated carbocycles. The molecule has 7 heteroatoms. The van der Waals surface area contributed by atoms with Crippen molar-refractivity contribution in [3.05, 3.63) is 22.3 Å². The number of pyridine rings is 1. The molecule has 1 aromatic heterocycles. The standard InChI is InChI=1S/C17H22BrN3O3/c1-9-5-6-12(18)19-14(9)20-15(22)13-11-7-10(11)8-21(13)16(23)24-17(2,3)4/h5-6,10-11,13H,7-8H2,1-4H3,(H,19,20,22). The van der Waals surface area contributed by atoms with Crippen molar-refractivity contribution in [2.24, 2.45) is 11.8 Å². The molecule has 2 heterocycles. The van der Waals surface area contributed by atoms with E-state index in [1.165, 1.54) is 0 Å². The van der Waals surface area contributed by atoms with E-state index in [0.29, 0.717) is 22.9 Å². The van der Waals surface area contributed by atoms with Crippen molar-refractivity contribution in [3.8, 4) is 0 Å². The molecule has 2 aliphatic rings. The molecule has 3 unspecified atom stereocenters. The Bertz CT molecular complexity index is 686. The number of likely N-dealkylation sites (tertiary alicyclic amines) is 1. The molecule has 1 saturated heterocycles. The Morgan fingerprint density at radius 1 is 1.38 bits per heavy atom. The van der Waals surface area contributed by atoms with Gasteiger partial charge in [0.05, 0.1) is 0 Å². The number of nitrogens with one attached hydrogen (secondary N) is 1. The first-order valence-electron chi connectivity index (χ1n) is 8.09. The number of nitrogens with zero attached hydrogens (tertiary/aromatic N) is 2. The molecule has 2 fully saturated rings. The van der Waals surface area contributed by atoms with Crippen molar-refractivity contribution in [2.75, 3.05) is 11.9 Å². The summed E-state index contributed by atoms with van der Waals surface area (Å²) in [6.45, 7) is 7.94. The summed E-state index contributed by atoms with van der Waals surface area (Å²) in [5, 5.41) is 2.87. The van der Waals surface area contributed by atoms with E-state index in [0.717, 1.165) is 12.0 Å². The van der Waals surface area contributed by atoms with Crippen molar-refractivity contribution in [1.82, 2.24) is 9.88 Å². The van der Waals surface area contributed by atoms with Crippen LogP contribution >= 0.6 is 15.9 Å². The van der Waals surface area contributed by atoms with Crippen LogP contribution in [0.2, 0.25) is 0 Å². The van der Waals surface area contributed by atoms with Crippen molar-refractivity contribution >= 4 is 33.7 Å². The van der Waals surface area contributed by atoms with Gasteiger partial charge in [0, 0.05) is 6.54 Å². The zero-order valence-corrected chi connectivity index (χ0v) is 15.9. The first-order valence-corrected chi connectivity index (χ1v) is 8.88. The minimum Gasteiger partial charge on any atom is -0.444 e. The molecule has 1 aliphatic carbocycles. The van der Waals surface area contributed by atoms with Gasteiger partial charge in [0.1, 0.15) is 22.1 Å². The predicted molar refractivity (Wildman–Crippen MR) is 93.6 cm³/mol. The van der Waals surface area contributed by atoms with Gasteiger partial charge in [-0.1, -0.05) is 6.07 Å². The molecule has 0 bridgehead atoms. The molecular formula is C17H22BrN3O3. The minimum absolute atomic E-state index is 0.195. The number of anilines is 1. The average molecular weight is 396 g/mol. The number of rotatable bonds is 2. The van der Waals surface area contributed by atoms with Crippen molar-refractivity contribution in [3.63, 3.8) is 0 Å². The Balaban J connectivity index is 1.75. The Kier molecular flexibility index (Phi) is 4.32. The summed E-state index contributed by atoms with van der Waals surface area (Å²) in [4.78, 5) is 31.1. The summed E-state index contributed by atoms with van der Waals surface area (Å²) < 4.78 is 6.10. The van der Waals surface area contributed by atoms with E-state index in [-0.39, 0.29) is 11.8 Å². The summed E-state index contributed by atoms with van der Waals surface area (Å²) >= 11 is 3.31. The van der Waals surface area contributed by atoms with E-state index in [1.54, 1.807) is 4.90 Å². The first-order chi connectivity index (χ1) is 11.2. The van der Waals surface area contributed by atoms with Gasteiger partial charge < -0.3 is 10.1 Å². The monoisotopic (exact) mass is 395 g/mol. The third-order valence-electron chi connectivity index (χ3n) is 4.35. The molecule has 0 aromatic carbocycles. The van der Waals surface area contributed by atoms with Gasteiger partial charge in [0.2, 0.25) is 5.91 Å². The Hall–Kier alpha value is -1.63. The second-order valence-corrected chi connectivity index (χ2v) is 8.34. The fourth-order valence-electron chi connectivity index (χ4n) is 3.13. The van der Waals surface area contributed by atoms with E-state index in [1.807, 2.05) is 39.8 Å². The van der Waals surface area contributed by atoms with E-state index in [4.69, 9.17) is 4.74 Å². The molecule has 24 heavy (non-hydrogen) atoms. The third kappa shape index (κ3) is 3.55. The van der Waals surface area contributed by atoms with Crippen LogP contribution in [0.25, 0.3) is 0 Å². The number of aromatic nitrogens is 1. The van der Waals surface area contributed by atoms with Gasteiger partial charge in [-0.25, -0.2) is 9.78 Å². The fourth-order valence-corrected chi connectivity index (χ4v) is 3.44. The molecule has 1 N–H and O–H groups in total. The molecule has 0 spiro atoms. The van der Waals surface area contributed by atoms with Gasteiger partial charge in [-0.3, -0.25) is 9.69 Å². The lowest BCUT2D eigenvalue weighted by Crippen LogP contribution is -2.47. The van der Waals surface area contributed by atoms with Gasteiger partial charge in [0.25, 0.3) is 0 Å². The Morgan fingerprint density at radius 3 is 2.75 bits per heavy atom. The molecule has 1 aromatic rings. The van der Waals surface area contributed by atoms with Gasteiger partial charge in [-0.15, -0.1) is 0 Å². The second-order valence-electron chi connectivity index (χ2n) is 7.53. The fraction of sp³-hybridized carbons (Fsp3) is 0.588. The highest BCUT2D eigenvalue weighted by atomic mass is 79.9. The quantitative estimate of drug-likeness (QED) is 0.779. The number of aryl methyl sites for hydroxylation is 1. The van der Waals surface area contributed by atoms with Crippen LogP contribution in [0.4, 0.5) is 10.6 Å². The number of hydrogen-bond acceptors (Lipinski definition) is 4. The lowest BCUT2D eigenvalue weighted by molar-refractivity contribution is -0.121. The highest BCUT2D eigenvalue weighted by molar-refractivity contribution is 9.10. The number of piperidine rings is 1. The van der Waals surface area contributed by atoms with Crippen molar-refractivity contribution in [2.45, 2.75) is 45.8 Å². The molecule has 2 amide bonds. The number of hydrogen-bond donors (Lipinski definition) is 1. The van der Waals surface area contributed by atoms with Gasteiger partial charge in [0.15, 0.2) is 0 Å². The van der Waals surface area contributed by atoms with Crippen LogP contribution in [-0.4, -0.2) is 40.1 Å². The summed E-state index contributed by atoms with van der Waals surface area (Å²) in [5.41, 5.74) is 0.300. The van der Waals surface area contributed by atoms with Gasteiger partial charge >= 0.3 is 6.09 Å². The topological polar surface area (TPSA) is 71.5 Å². The van der Waals surface area contributed by atoms with Gasteiger partial charge in [-0.2, -0.15) is 0 Å². The molecule has 1 aliphatic heterocycles. The molecule has 130 valence electrons. The highest BCUT2D eigenvalue weighted by Crippen LogP contribution is 2.50. The maximum atomic E-state index is 12.8. The largest absolute Gasteiger partial charge is 0.444 e. The van der Waals surface area contributed by atoms with E-state index < -0.39 is 17.7 Å². The number of ether oxygens (including phenoxy) is 1. The molecule has 0 radical (unpaired) electrons. The highest BCUT2D eigenvalue weighted by Gasteiger charge is 2.57. The summed E-state index contributed by atoms with van der Waals surface area (Å²) in [6.07, 6.45) is 0.566. The van der Waals surface area contributed by atoms with Crippen LogP contribution in [0.3, 0.4) is 0 Å². The summed E-state index contributed by atoms with van der Waals surface area (Å²) in [6, 6.07) is 3.22. The van der Waals surface area contributed by atoms with Crippen LogP contribution in [0, 0.1) is 18.8 Å². The normalized spacial score (nSPS) is 25.2. The molecule has 6 nitrogen and oxygen atoms in total. The van der Waals surface area contributed by atoms with Crippen molar-refractivity contribution in [1.29, 1.82) is 0 Å². The minimum atomic E-state index is -0.576. The second kappa shape index (κ2) is 6.02. The lowest BCUT2D eigenvalue weighted by atomic mass is 10.1. The number of fused-ring (bicyclic) bond motifs is 1. The molecule has 3 rings (SSSR count). The maximum absolute atomic E-state index is 12.8. The molecule has 3 atom stereocenters. The zero-order valence-electron chi connectivity index (χ0n) is 14.3. The van der Waals surface area contributed by atoms with Crippen LogP contribution in [0.5, 0.6) is 0 Å². The molecular weight excluding hydrogens is 374 g/mol. The van der Waals surface area contributed by atoms with Gasteiger partial charge in [-0.05, 0) is 73.5 Å². The average Bonchev–Trinajstić information content (AvgIpc) is 3.11. The SMILES string of the molecule is Cc1ccc(Br)nc1NC(=O)C1C2CC2CN1C(=O)OC(C)(C)C. The first kappa shape index (κ1) is 17.2. The van der Waals surface area contributed by atoms with Crippen LogP contribution in [0.15, 0.2) is 16.7 Å². The smallest absolute Gasteiger partial charge is 0.410 e. The zero-order chi connectivity index (χ0) is 17.6. The van der Waals surface area contributed by atoms with E-state index >= 15 is 0 Å². The number of carbonyl (C=O) groups excluding carboxylic acids is 2. The third-order valence-corrected chi connectivity index (χ3v) is 4.79. The number of amides is 2. The van der Waals surface area contributed by atoms with E-state index in [2.05, 4.69) is 26.2 Å². The summed E-state index contributed by atoms with van der Waals surface area (Å²) in [7, 11) is 0. The lowest BCUT2D eigenvalue weighted by Gasteiger charge is -2.29. The maximum Gasteiger partial charge on any atom is 0.410 e. The Morgan fingerprint density at radius 2 is 2.08 bits per heavy atom. The van der Waals surface area contributed by atoms with Crippen LogP contribution in [0.1, 0.15) is 32.8 Å². The number of halogens is 1.